The van der Waals surface area contributed by atoms with Crippen LogP contribution >= 0.6 is 0 Å². The zero-order valence-electron chi connectivity index (χ0n) is 18.1. The van der Waals surface area contributed by atoms with Crippen LogP contribution in [0, 0.1) is 12.7 Å². The number of fused-ring (bicyclic) bond motifs is 1. The Hall–Kier alpha value is -4.26. The fourth-order valence-electron chi connectivity index (χ4n) is 3.58. The van der Waals surface area contributed by atoms with Crippen molar-refractivity contribution < 1.29 is 18.7 Å². The number of carbonyl (C=O) groups is 2. The van der Waals surface area contributed by atoms with Crippen LogP contribution in [-0.4, -0.2) is 23.4 Å². The van der Waals surface area contributed by atoms with Crippen LogP contribution in [0.4, 0.5) is 10.1 Å². The van der Waals surface area contributed by atoms with Crippen LogP contribution in [0.2, 0.25) is 0 Å². The Kier molecular flexibility index (Phi) is 6.04. The molecule has 3 aromatic carbocycles. The Labute approximate surface area is 189 Å². The molecule has 0 spiro atoms. The van der Waals surface area contributed by atoms with Crippen molar-refractivity contribution in [1.29, 1.82) is 0 Å². The van der Waals surface area contributed by atoms with Crippen molar-refractivity contribution in [1.82, 2.24) is 4.57 Å². The van der Waals surface area contributed by atoms with Crippen molar-refractivity contribution in [2.45, 2.75) is 13.5 Å². The fraction of sp³-hybridized carbons (Fsp3) is 0.115. The number of ether oxygens (including phenoxy) is 1. The van der Waals surface area contributed by atoms with Crippen molar-refractivity contribution in [2.75, 3.05) is 12.4 Å². The van der Waals surface area contributed by atoms with E-state index in [4.69, 9.17) is 4.74 Å². The van der Waals surface area contributed by atoms with E-state index in [9.17, 15) is 18.8 Å². The largest absolute Gasteiger partial charge is 0.497 e. The minimum Gasteiger partial charge on any atom is -0.497 e. The van der Waals surface area contributed by atoms with E-state index in [1.54, 1.807) is 48.5 Å². The highest BCUT2D eigenvalue weighted by atomic mass is 19.1. The lowest BCUT2D eigenvalue weighted by atomic mass is 10.0. The number of ketones is 1. The van der Waals surface area contributed by atoms with E-state index in [1.165, 1.54) is 30.0 Å². The molecule has 33 heavy (non-hydrogen) atoms. The van der Waals surface area contributed by atoms with Gasteiger partial charge in [0.2, 0.25) is 11.3 Å². The zero-order chi connectivity index (χ0) is 23.5. The maximum atomic E-state index is 13.9. The van der Waals surface area contributed by atoms with E-state index in [0.29, 0.717) is 22.5 Å². The van der Waals surface area contributed by atoms with Gasteiger partial charge < -0.3 is 14.6 Å². The van der Waals surface area contributed by atoms with Gasteiger partial charge in [0.15, 0.2) is 5.78 Å². The predicted molar refractivity (Wildman–Crippen MR) is 124 cm³/mol. The summed E-state index contributed by atoms with van der Waals surface area (Å²) in [5, 5.41) is 2.80. The number of hydrogen-bond donors (Lipinski definition) is 1. The summed E-state index contributed by atoms with van der Waals surface area (Å²) in [5.74, 6) is -0.894. The molecule has 1 N–H and O–H groups in total. The second-order valence-electron chi connectivity index (χ2n) is 7.64. The molecule has 4 aromatic rings. The van der Waals surface area contributed by atoms with Crippen LogP contribution < -0.4 is 15.5 Å². The molecule has 4 rings (SSSR count). The first kappa shape index (κ1) is 22.0. The third-order valence-corrected chi connectivity index (χ3v) is 5.27. The summed E-state index contributed by atoms with van der Waals surface area (Å²) in [4.78, 5) is 38.9. The summed E-state index contributed by atoms with van der Waals surface area (Å²) in [5.41, 5.74) is 1.47. The van der Waals surface area contributed by atoms with Gasteiger partial charge in [0.25, 0.3) is 0 Å². The molecule has 6 nitrogen and oxygen atoms in total. The van der Waals surface area contributed by atoms with Crippen LogP contribution in [-0.2, 0) is 11.3 Å². The average molecular weight is 444 g/mol. The number of amides is 1. The van der Waals surface area contributed by atoms with Crippen LogP contribution in [0.25, 0.3) is 10.9 Å². The minimum absolute atomic E-state index is 0.0298. The SMILES string of the molecule is COc1cccc(NC(=O)Cn2cc(C(=O)c3ccc(C)cc3)c(=O)c3cc(F)ccc32)c1. The number of aryl methyl sites for hydroxylation is 1. The van der Waals surface area contributed by atoms with Gasteiger partial charge in [-0.05, 0) is 37.3 Å². The number of nitrogens with zero attached hydrogens (tertiary/aromatic N) is 1. The van der Waals surface area contributed by atoms with Gasteiger partial charge in [0.05, 0.1) is 18.2 Å². The van der Waals surface area contributed by atoms with E-state index in [-0.39, 0.29) is 23.4 Å². The number of benzene rings is 3. The summed E-state index contributed by atoms with van der Waals surface area (Å²) in [6, 6.07) is 17.4. The molecule has 1 aromatic heterocycles. The van der Waals surface area contributed by atoms with E-state index < -0.39 is 17.0 Å². The van der Waals surface area contributed by atoms with Gasteiger partial charge in [0, 0.05) is 28.9 Å². The normalized spacial score (nSPS) is 10.8. The molecule has 0 aliphatic carbocycles. The monoisotopic (exact) mass is 444 g/mol. The van der Waals surface area contributed by atoms with Gasteiger partial charge in [-0.15, -0.1) is 0 Å². The molecule has 1 amide bonds. The zero-order valence-corrected chi connectivity index (χ0v) is 18.1. The number of aromatic nitrogens is 1. The number of carbonyl (C=O) groups excluding carboxylic acids is 2. The molecule has 0 aliphatic rings. The number of halogens is 1. The smallest absolute Gasteiger partial charge is 0.244 e. The summed E-state index contributed by atoms with van der Waals surface area (Å²) in [6.07, 6.45) is 1.36. The van der Waals surface area contributed by atoms with Gasteiger partial charge >= 0.3 is 0 Å². The van der Waals surface area contributed by atoms with Crippen LogP contribution in [0.15, 0.2) is 77.7 Å². The van der Waals surface area contributed by atoms with Crippen molar-refractivity contribution >= 4 is 28.3 Å². The first-order chi connectivity index (χ1) is 15.9. The lowest BCUT2D eigenvalue weighted by molar-refractivity contribution is -0.116. The number of pyridine rings is 1. The van der Waals surface area contributed by atoms with E-state index in [2.05, 4.69) is 5.32 Å². The lowest BCUT2D eigenvalue weighted by Gasteiger charge is -2.14. The number of methoxy groups -OCH3 is 1. The molecule has 0 atom stereocenters. The van der Waals surface area contributed by atoms with Gasteiger partial charge in [0.1, 0.15) is 18.1 Å². The third kappa shape index (κ3) is 4.67. The fourth-order valence-corrected chi connectivity index (χ4v) is 3.58. The summed E-state index contributed by atoms with van der Waals surface area (Å²) in [7, 11) is 1.53. The number of hydrogen-bond acceptors (Lipinski definition) is 4. The predicted octanol–water partition coefficient (Wildman–Crippen LogP) is 4.33. The van der Waals surface area contributed by atoms with Crippen LogP contribution in [0.1, 0.15) is 21.5 Å². The molecule has 0 aliphatic heterocycles. The van der Waals surface area contributed by atoms with Crippen molar-refractivity contribution in [3.8, 4) is 5.75 Å². The average Bonchev–Trinajstić information content (AvgIpc) is 2.81. The van der Waals surface area contributed by atoms with Gasteiger partial charge in [-0.2, -0.15) is 0 Å². The Morgan fingerprint density at radius 3 is 2.52 bits per heavy atom. The molecular formula is C26H21FN2O4. The molecule has 7 heteroatoms. The molecule has 0 radical (unpaired) electrons. The molecule has 0 saturated carbocycles. The van der Waals surface area contributed by atoms with Crippen molar-refractivity contribution in [3.63, 3.8) is 0 Å². The highest BCUT2D eigenvalue weighted by Gasteiger charge is 2.19. The first-order valence-electron chi connectivity index (χ1n) is 10.2. The molecule has 0 bridgehead atoms. The van der Waals surface area contributed by atoms with E-state index in [0.717, 1.165) is 11.6 Å². The molecule has 1 heterocycles. The van der Waals surface area contributed by atoms with Crippen molar-refractivity contribution in [2.24, 2.45) is 0 Å². The Morgan fingerprint density at radius 1 is 1.03 bits per heavy atom. The molecule has 0 fully saturated rings. The van der Waals surface area contributed by atoms with Gasteiger partial charge in [-0.25, -0.2) is 4.39 Å². The highest BCUT2D eigenvalue weighted by molar-refractivity contribution is 6.10. The Balaban J connectivity index is 1.74. The summed E-state index contributed by atoms with van der Waals surface area (Å²) >= 11 is 0. The van der Waals surface area contributed by atoms with Gasteiger partial charge in [-0.3, -0.25) is 14.4 Å². The minimum atomic E-state index is -0.605. The number of anilines is 1. The van der Waals surface area contributed by atoms with Crippen molar-refractivity contribution in [3.05, 3.63) is 106 Å². The lowest BCUT2D eigenvalue weighted by Crippen LogP contribution is -2.24. The topological polar surface area (TPSA) is 77.4 Å². The second-order valence-corrected chi connectivity index (χ2v) is 7.64. The summed E-state index contributed by atoms with van der Waals surface area (Å²) < 4.78 is 20.6. The van der Waals surface area contributed by atoms with Crippen LogP contribution in [0.5, 0.6) is 5.75 Å². The quantitative estimate of drug-likeness (QED) is 0.449. The van der Waals surface area contributed by atoms with E-state index >= 15 is 0 Å². The molecule has 166 valence electrons. The Bertz CT molecular complexity index is 1420. The maximum absolute atomic E-state index is 13.9. The van der Waals surface area contributed by atoms with E-state index in [1.807, 2.05) is 6.92 Å². The number of nitrogens with one attached hydrogen (secondary N) is 1. The highest BCUT2D eigenvalue weighted by Crippen LogP contribution is 2.19. The standard InChI is InChI=1S/C26H21FN2O4/c1-16-6-8-17(9-7-16)25(31)22-14-29(23-11-10-18(27)12-21(23)26(22)32)15-24(30)28-19-4-3-5-20(13-19)33-2/h3-14H,15H2,1-2H3,(H,28,30). The van der Waals surface area contributed by atoms with Crippen LogP contribution in [0.3, 0.4) is 0 Å². The second kappa shape index (κ2) is 9.08. The Morgan fingerprint density at radius 2 is 1.79 bits per heavy atom. The molecule has 0 unspecified atom stereocenters. The molecule has 0 saturated heterocycles. The third-order valence-electron chi connectivity index (χ3n) is 5.27. The number of rotatable bonds is 6. The first-order valence-corrected chi connectivity index (χ1v) is 10.2. The summed E-state index contributed by atoms with van der Waals surface area (Å²) in [6.45, 7) is 1.70. The maximum Gasteiger partial charge on any atom is 0.244 e. The van der Waals surface area contributed by atoms with Gasteiger partial charge in [-0.1, -0.05) is 35.9 Å². The molecular weight excluding hydrogens is 423 g/mol.